The number of carbonyl (C=O) groups is 1. The van der Waals surface area contributed by atoms with Crippen LogP contribution in [-0.4, -0.2) is 101 Å². The summed E-state index contributed by atoms with van der Waals surface area (Å²) in [4.78, 5) is 22.8. The molecule has 9 rings (SSSR count). The Bertz CT molecular complexity index is 2440. The summed E-state index contributed by atoms with van der Waals surface area (Å²) in [6.07, 6.45) is 7.63. The van der Waals surface area contributed by atoms with Gasteiger partial charge in [0.1, 0.15) is 11.9 Å². The van der Waals surface area contributed by atoms with Gasteiger partial charge in [0.05, 0.1) is 37.2 Å². The number of aromatic nitrogens is 3. The Morgan fingerprint density at radius 1 is 0.932 bits per heavy atom. The zero-order valence-corrected chi connectivity index (χ0v) is 34.3. The highest BCUT2D eigenvalue weighted by Gasteiger charge is 2.31. The molecule has 0 radical (unpaired) electrons. The van der Waals surface area contributed by atoms with Crippen LogP contribution >= 0.6 is 0 Å². The highest BCUT2D eigenvalue weighted by Crippen LogP contribution is 2.37. The van der Waals surface area contributed by atoms with Gasteiger partial charge < -0.3 is 39.7 Å². The minimum atomic E-state index is -0.697. The molecule has 3 saturated heterocycles. The molecule has 3 atom stereocenters. The second kappa shape index (κ2) is 16.7. The van der Waals surface area contributed by atoms with Gasteiger partial charge in [-0.3, -0.25) is 10.1 Å². The monoisotopic (exact) mass is 797 g/mol. The number of benzene rings is 3. The standard InChI is InChI=1S/C47H57N9O3/c1-31-25-38(32(2)24-37(31)45-29-54(22-23-59-45)43-27-40(50-51-46(43)48)36-8-4-5-11-44(36)57)47(58)53-20-12-34(13-21-53)28-52-18-14-35(15-19-52)56-33(3)26-39-41(9-6-10-42(39)56)55-17-7-16-49-30-55/h4-11,17,24-27,34-35,45,49,57H,12-16,18-23,28-30H2,1-3H3,(H2,48,51)/i16D,30D/t16?,30-,45?/m0/s1. The number of anilines is 3. The number of rotatable bonds is 8. The normalized spacial score (nSPS) is 22.8. The number of nitrogens with one attached hydrogen (secondary N) is 1. The molecular weight excluding hydrogens is 739 g/mol. The summed E-state index contributed by atoms with van der Waals surface area (Å²) in [5, 5.41) is 23.0. The molecule has 12 nitrogen and oxygen atoms in total. The molecule has 0 bridgehead atoms. The van der Waals surface area contributed by atoms with Crippen LogP contribution < -0.4 is 20.9 Å². The first kappa shape index (κ1) is 36.6. The van der Waals surface area contributed by atoms with Crippen molar-refractivity contribution < 1.29 is 17.4 Å². The van der Waals surface area contributed by atoms with Crippen LogP contribution in [0.4, 0.5) is 17.2 Å². The van der Waals surface area contributed by atoms with Gasteiger partial charge in [-0.2, -0.15) is 0 Å². The molecule has 4 N–H and O–H groups in total. The number of nitrogens with two attached hydrogens (primary N) is 1. The third-order valence-corrected chi connectivity index (χ3v) is 12.9. The van der Waals surface area contributed by atoms with Crippen molar-refractivity contribution in [2.24, 2.45) is 5.92 Å². The molecule has 3 fully saturated rings. The molecule has 4 aliphatic rings. The van der Waals surface area contributed by atoms with Crippen LogP contribution in [-0.2, 0) is 4.74 Å². The molecule has 5 aromatic rings. The molecule has 4 aliphatic heterocycles. The molecule has 2 aromatic heterocycles. The number of aryl methyl sites for hydroxylation is 3. The van der Waals surface area contributed by atoms with Crippen LogP contribution in [0.3, 0.4) is 0 Å². The van der Waals surface area contributed by atoms with Crippen LogP contribution in [0.25, 0.3) is 22.2 Å². The lowest BCUT2D eigenvalue weighted by molar-refractivity contribution is 0.0393. The number of likely N-dealkylation sites (tertiary alicyclic amines) is 2. The fourth-order valence-electron chi connectivity index (χ4n) is 9.74. The molecule has 12 heteroatoms. The van der Waals surface area contributed by atoms with E-state index in [4.69, 9.17) is 13.2 Å². The molecule has 308 valence electrons. The van der Waals surface area contributed by atoms with Gasteiger partial charge in [-0.1, -0.05) is 30.3 Å². The van der Waals surface area contributed by atoms with E-state index in [1.165, 1.54) is 11.2 Å². The summed E-state index contributed by atoms with van der Waals surface area (Å²) < 4.78 is 25.3. The predicted octanol–water partition coefficient (Wildman–Crippen LogP) is 6.96. The smallest absolute Gasteiger partial charge is 0.254 e. The van der Waals surface area contributed by atoms with Crippen LogP contribution in [0.15, 0.2) is 79.0 Å². The molecule has 1 amide bonds. The van der Waals surface area contributed by atoms with Crippen molar-refractivity contribution in [3.8, 4) is 17.0 Å². The third kappa shape index (κ3) is 7.89. The number of nitrogens with zero attached hydrogens (tertiary/aromatic N) is 7. The van der Waals surface area contributed by atoms with Gasteiger partial charge in [-0.15, -0.1) is 10.2 Å². The Kier molecular flexibility index (Phi) is 10.4. The summed E-state index contributed by atoms with van der Waals surface area (Å²) in [7, 11) is 0. The lowest BCUT2D eigenvalue weighted by Gasteiger charge is -2.38. The largest absolute Gasteiger partial charge is 0.507 e. The Hall–Kier alpha value is -5.43. The number of para-hydroxylation sites is 1. The van der Waals surface area contributed by atoms with Gasteiger partial charge in [0.15, 0.2) is 5.82 Å². The molecule has 6 heterocycles. The van der Waals surface area contributed by atoms with E-state index < -0.39 is 13.2 Å². The topological polar surface area (TPSA) is 128 Å². The number of carbonyl (C=O) groups excluding carboxylic acids is 1. The summed E-state index contributed by atoms with van der Waals surface area (Å²) in [6.45, 7) is 11.5. The highest BCUT2D eigenvalue weighted by atomic mass is 16.5. The minimum Gasteiger partial charge on any atom is -0.507 e. The van der Waals surface area contributed by atoms with E-state index in [0.29, 0.717) is 48.7 Å². The van der Waals surface area contributed by atoms with Gasteiger partial charge in [0.2, 0.25) is 0 Å². The number of aromatic hydroxyl groups is 1. The van der Waals surface area contributed by atoms with E-state index in [0.717, 1.165) is 97.4 Å². The van der Waals surface area contributed by atoms with E-state index in [-0.39, 0.29) is 17.8 Å². The molecular formula is C47H57N9O3. The number of phenols is 1. The maximum Gasteiger partial charge on any atom is 0.254 e. The number of nitrogen functional groups attached to an aromatic ring is 1. The van der Waals surface area contributed by atoms with Gasteiger partial charge >= 0.3 is 0 Å². The van der Waals surface area contributed by atoms with Gasteiger partial charge in [0.25, 0.3) is 5.91 Å². The lowest BCUT2D eigenvalue weighted by Crippen LogP contribution is -2.43. The number of hydrogen-bond donors (Lipinski definition) is 3. The first-order valence-electron chi connectivity index (χ1n) is 22.3. The molecule has 0 aliphatic carbocycles. The molecule has 2 unspecified atom stereocenters. The van der Waals surface area contributed by atoms with Crippen molar-refractivity contribution in [1.82, 2.24) is 29.9 Å². The minimum absolute atomic E-state index is 0.105. The van der Waals surface area contributed by atoms with Crippen molar-refractivity contribution in [3.63, 3.8) is 0 Å². The number of ether oxygens (including phenoxy) is 1. The fraction of sp³-hybridized carbons (Fsp3) is 0.426. The predicted molar refractivity (Wildman–Crippen MR) is 235 cm³/mol. The first-order chi connectivity index (χ1) is 29.5. The molecule has 0 spiro atoms. The maximum absolute atomic E-state index is 14.0. The van der Waals surface area contributed by atoms with Crippen molar-refractivity contribution in [1.29, 1.82) is 0 Å². The van der Waals surface area contributed by atoms with E-state index in [2.05, 4.69) is 74.1 Å². The number of amides is 1. The van der Waals surface area contributed by atoms with Crippen molar-refractivity contribution in [3.05, 3.63) is 107 Å². The fourth-order valence-corrected chi connectivity index (χ4v) is 9.74. The van der Waals surface area contributed by atoms with Crippen molar-refractivity contribution in [2.75, 3.05) is 81.1 Å². The summed E-state index contributed by atoms with van der Waals surface area (Å²) in [6, 6.07) is 22.1. The van der Waals surface area contributed by atoms with Gasteiger partial charge in [-0.25, -0.2) is 0 Å². The maximum atomic E-state index is 14.0. The van der Waals surface area contributed by atoms with E-state index >= 15 is 0 Å². The SMILES string of the molecule is [2H]C1C=CN(c2cccc3c2cc(C)n3C2CCN(CC3CCN(C(=O)c4cc(C)c(C5CN(c6cc(-c7ccccc7O)nnc6N)CCO5)cc4C)CC3)CC2)[C@@H]([2H])N1. The lowest BCUT2D eigenvalue weighted by atomic mass is 9.92. The third-order valence-electron chi connectivity index (χ3n) is 12.9. The average Bonchev–Trinajstić information content (AvgIpc) is 3.61. The summed E-state index contributed by atoms with van der Waals surface area (Å²) in [5.74, 6) is 1.14. The van der Waals surface area contributed by atoms with Crippen molar-refractivity contribution in [2.45, 2.75) is 58.6 Å². The summed E-state index contributed by atoms with van der Waals surface area (Å²) in [5.41, 5.74) is 15.5. The summed E-state index contributed by atoms with van der Waals surface area (Å²) >= 11 is 0. The molecule has 59 heavy (non-hydrogen) atoms. The number of phenolic OH excluding ortho intramolecular Hbond substituents is 1. The van der Waals surface area contributed by atoms with E-state index in [1.807, 2.05) is 47.2 Å². The quantitative estimate of drug-likeness (QED) is 0.152. The Balaban J connectivity index is 0.792. The molecule has 0 saturated carbocycles. The Morgan fingerprint density at radius 3 is 2.54 bits per heavy atom. The van der Waals surface area contributed by atoms with Crippen LogP contribution in [0.5, 0.6) is 5.75 Å². The first-order valence-corrected chi connectivity index (χ1v) is 21.1. The number of piperidine rings is 2. The van der Waals surface area contributed by atoms with Crippen LogP contribution in [0.2, 0.25) is 0 Å². The second-order valence-electron chi connectivity index (χ2n) is 16.7. The van der Waals surface area contributed by atoms with Gasteiger partial charge in [0, 0.05) is 88.2 Å². The van der Waals surface area contributed by atoms with Gasteiger partial charge in [-0.05, 0) is 112 Å². The average molecular weight is 798 g/mol. The number of fused-ring (bicyclic) bond motifs is 1. The van der Waals surface area contributed by atoms with Crippen LogP contribution in [0.1, 0.15) is 73.3 Å². The van der Waals surface area contributed by atoms with Crippen LogP contribution in [0, 0.1) is 26.7 Å². The molecule has 3 aromatic carbocycles. The Labute approximate surface area is 350 Å². The number of morpholine rings is 1. The highest BCUT2D eigenvalue weighted by molar-refractivity contribution is 5.96. The van der Waals surface area contributed by atoms with E-state index in [9.17, 15) is 9.90 Å². The zero-order chi connectivity index (χ0) is 42.4. The zero-order valence-electron chi connectivity index (χ0n) is 36.3. The second-order valence-corrected chi connectivity index (χ2v) is 16.7. The van der Waals surface area contributed by atoms with Crippen molar-refractivity contribution >= 4 is 34.0 Å². The van der Waals surface area contributed by atoms with E-state index in [1.54, 1.807) is 18.2 Å². The number of hydrogen-bond acceptors (Lipinski definition) is 10. The Morgan fingerprint density at radius 2 is 1.75 bits per heavy atom.